The number of nitrogens with zero attached hydrogens (tertiary/aromatic N) is 6. The first-order valence-electron chi connectivity index (χ1n) is 10.4. The van der Waals surface area contributed by atoms with Gasteiger partial charge in [-0.2, -0.15) is 0 Å². The van der Waals surface area contributed by atoms with Crippen molar-refractivity contribution < 1.29 is 0 Å². The van der Waals surface area contributed by atoms with Crippen molar-refractivity contribution in [3.63, 3.8) is 0 Å². The van der Waals surface area contributed by atoms with E-state index < -0.39 is 0 Å². The Balaban J connectivity index is 1.53. The highest BCUT2D eigenvalue weighted by molar-refractivity contribution is 7.99. The zero-order valence-electron chi connectivity index (χ0n) is 16.6. The molecule has 3 atom stereocenters. The third-order valence-corrected chi connectivity index (χ3v) is 6.60. The van der Waals surface area contributed by atoms with Crippen LogP contribution in [-0.4, -0.2) is 50.5 Å². The van der Waals surface area contributed by atoms with Gasteiger partial charge in [-0.3, -0.25) is 9.98 Å². The summed E-state index contributed by atoms with van der Waals surface area (Å²) in [6, 6.07) is 2.01. The Morgan fingerprint density at radius 3 is 2.97 bits per heavy atom. The standard InChI is InChI=1S/C22H23N7S/c1-2-6-12-23-17(9-3-1)20-21(18-11-14-25-29-27-18)28-30-22(26-20)19-16-8-5-4-7-15(16)10-13-24-19/h1-3,6,8-9,11-12,14-15,19,22,24H,4-5,7,10,13H2/b2-1-,3-1?,6-2?,9-3-,12-6-,17-9?,23-12?,23-17+. The molecule has 7 nitrogen and oxygen atoms in total. The molecule has 1 fully saturated rings. The summed E-state index contributed by atoms with van der Waals surface area (Å²) in [5.41, 5.74) is 4.36. The fraction of sp³-hybridized carbons (Fsp3) is 0.364. The fourth-order valence-electron chi connectivity index (χ4n) is 4.31. The molecular weight excluding hydrogens is 394 g/mol. The molecule has 1 aliphatic carbocycles. The molecule has 0 radical (unpaired) electrons. The van der Waals surface area contributed by atoms with E-state index >= 15 is 0 Å². The summed E-state index contributed by atoms with van der Waals surface area (Å²) in [4.78, 5) is 9.79. The third-order valence-electron chi connectivity index (χ3n) is 5.72. The zero-order chi connectivity index (χ0) is 20.2. The van der Waals surface area contributed by atoms with Crippen LogP contribution in [0.15, 0.2) is 74.9 Å². The van der Waals surface area contributed by atoms with Crippen LogP contribution in [0.25, 0.3) is 0 Å². The maximum atomic E-state index is 5.17. The van der Waals surface area contributed by atoms with Gasteiger partial charge in [-0.05, 0) is 61.6 Å². The van der Waals surface area contributed by atoms with Crippen LogP contribution < -0.4 is 5.32 Å². The van der Waals surface area contributed by atoms with Gasteiger partial charge in [0, 0.05) is 18.1 Å². The first-order chi connectivity index (χ1) is 14.9. The summed E-state index contributed by atoms with van der Waals surface area (Å²) in [7, 11) is 0. The smallest absolute Gasteiger partial charge is 0.137 e. The van der Waals surface area contributed by atoms with Gasteiger partial charge < -0.3 is 5.32 Å². The largest absolute Gasteiger partial charge is 0.308 e. The van der Waals surface area contributed by atoms with E-state index in [1.807, 2.05) is 36.4 Å². The molecule has 1 aromatic rings. The molecule has 1 saturated heterocycles. The highest BCUT2D eigenvalue weighted by Crippen LogP contribution is 2.37. The lowest BCUT2D eigenvalue weighted by atomic mass is 9.79. The normalized spacial score (nSPS) is 33.4. The van der Waals surface area contributed by atoms with E-state index in [9.17, 15) is 0 Å². The summed E-state index contributed by atoms with van der Waals surface area (Å²) in [5.74, 6) is 0.674. The van der Waals surface area contributed by atoms with Crippen LogP contribution >= 0.6 is 11.9 Å². The molecule has 3 unspecified atom stereocenters. The molecule has 3 aliphatic heterocycles. The van der Waals surface area contributed by atoms with Crippen LogP contribution in [0.5, 0.6) is 0 Å². The number of fused-ring (bicyclic) bond motifs is 1. The molecule has 152 valence electrons. The van der Waals surface area contributed by atoms with Crippen molar-refractivity contribution in [2.24, 2.45) is 20.3 Å². The van der Waals surface area contributed by atoms with E-state index in [1.54, 1.807) is 12.4 Å². The van der Waals surface area contributed by atoms with Crippen molar-refractivity contribution in [3.8, 4) is 0 Å². The summed E-state index contributed by atoms with van der Waals surface area (Å²) < 4.78 is 4.85. The second-order valence-electron chi connectivity index (χ2n) is 7.57. The third kappa shape index (κ3) is 3.97. The van der Waals surface area contributed by atoms with Crippen molar-refractivity contribution in [2.75, 3.05) is 6.54 Å². The maximum absolute atomic E-state index is 5.17. The average Bonchev–Trinajstić information content (AvgIpc) is 2.79. The first-order valence-corrected chi connectivity index (χ1v) is 11.2. The topological polar surface area (TPSA) is 87.8 Å². The van der Waals surface area contributed by atoms with E-state index in [0.29, 0.717) is 17.3 Å². The van der Waals surface area contributed by atoms with E-state index in [4.69, 9.17) is 9.39 Å². The van der Waals surface area contributed by atoms with Gasteiger partial charge in [0.15, 0.2) is 0 Å². The lowest BCUT2D eigenvalue weighted by Crippen LogP contribution is -2.48. The predicted molar refractivity (Wildman–Crippen MR) is 122 cm³/mol. The Kier molecular flexibility index (Phi) is 5.76. The molecular formula is C22H23N7S. The number of piperidine rings is 1. The number of aliphatic imine (C=N–C) groups is 2. The van der Waals surface area contributed by atoms with Gasteiger partial charge in [-0.25, -0.2) is 4.40 Å². The SMILES string of the molecule is C1=C2C(CCC1)CCNC2C1N=C(C2=N/C=C\C=C/C=C\2)C(c2ccnnn2)=NS1. The van der Waals surface area contributed by atoms with E-state index in [0.717, 1.165) is 24.4 Å². The second kappa shape index (κ2) is 8.97. The van der Waals surface area contributed by atoms with Crippen molar-refractivity contribution in [3.05, 3.63) is 66.2 Å². The van der Waals surface area contributed by atoms with Gasteiger partial charge in [0.05, 0.1) is 18.0 Å². The van der Waals surface area contributed by atoms with Crippen molar-refractivity contribution in [1.29, 1.82) is 0 Å². The van der Waals surface area contributed by atoms with E-state index in [-0.39, 0.29) is 11.4 Å². The Hall–Kier alpha value is -2.71. The molecule has 4 heterocycles. The lowest BCUT2D eigenvalue weighted by Gasteiger charge is -2.39. The lowest BCUT2D eigenvalue weighted by molar-refractivity contribution is 0.357. The monoisotopic (exact) mass is 417 g/mol. The molecule has 0 bridgehead atoms. The first kappa shape index (κ1) is 19.3. The number of nitrogens with one attached hydrogen (secondary N) is 1. The summed E-state index contributed by atoms with van der Waals surface area (Å²) in [6.45, 7) is 1.02. The van der Waals surface area contributed by atoms with E-state index in [2.05, 4.69) is 31.8 Å². The zero-order valence-corrected chi connectivity index (χ0v) is 17.4. The molecule has 0 saturated carbocycles. The van der Waals surface area contributed by atoms with Gasteiger partial charge in [0.2, 0.25) is 0 Å². The Bertz CT molecular complexity index is 1000. The molecule has 0 amide bonds. The van der Waals surface area contributed by atoms with Crippen LogP contribution in [0.1, 0.15) is 31.4 Å². The fourth-order valence-corrected chi connectivity index (χ4v) is 5.23. The Morgan fingerprint density at radius 1 is 1.07 bits per heavy atom. The number of hydrogen-bond acceptors (Lipinski definition) is 8. The molecule has 0 spiro atoms. The predicted octanol–water partition coefficient (Wildman–Crippen LogP) is 3.26. The molecule has 1 N–H and O–H groups in total. The maximum Gasteiger partial charge on any atom is 0.137 e. The molecule has 8 heteroatoms. The van der Waals surface area contributed by atoms with E-state index in [1.165, 1.54) is 36.8 Å². The van der Waals surface area contributed by atoms with Crippen LogP contribution in [0.2, 0.25) is 0 Å². The molecule has 4 aliphatic rings. The van der Waals surface area contributed by atoms with Gasteiger partial charge in [0.1, 0.15) is 22.5 Å². The van der Waals surface area contributed by atoms with Crippen molar-refractivity contribution in [1.82, 2.24) is 20.7 Å². The minimum absolute atomic E-state index is 0.0354. The van der Waals surface area contributed by atoms with Gasteiger partial charge in [0.25, 0.3) is 0 Å². The second-order valence-corrected chi connectivity index (χ2v) is 8.45. The quantitative estimate of drug-likeness (QED) is 0.602. The number of aromatic nitrogens is 3. The van der Waals surface area contributed by atoms with Gasteiger partial charge in [-0.15, -0.1) is 10.2 Å². The summed E-state index contributed by atoms with van der Waals surface area (Å²) in [5, 5.41) is 15.4. The Morgan fingerprint density at radius 2 is 2.03 bits per heavy atom. The molecule has 1 aromatic heterocycles. The van der Waals surface area contributed by atoms with Crippen LogP contribution in [-0.2, 0) is 0 Å². The Labute approximate surface area is 180 Å². The molecule has 0 aromatic carbocycles. The van der Waals surface area contributed by atoms with Crippen LogP contribution in [0, 0.1) is 5.92 Å². The van der Waals surface area contributed by atoms with Gasteiger partial charge >= 0.3 is 0 Å². The van der Waals surface area contributed by atoms with Crippen molar-refractivity contribution >= 4 is 29.1 Å². The number of rotatable bonds is 3. The summed E-state index contributed by atoms with van der Waals surface area (Å²) >= 11 is 1.50. The van der Waals surface area contributed by atoms with Crippen LogP contribution in [0.4, 0.5) is 0 Å². The minimum atomic E-state index is -0.0354. The number of hydrogen-bond donors (Lipinski definition) is 1. The minimum Gasteiger partial charge on any atom is -0.308 e. The molecule has 30 heavy (non-hydrogen) atoms. The van der Waals surface area contributed by atoms with Crippen molar-refractivity contribution in [2.45, 2.75) is 37.1 Å². The number of allylic oxidation sites excluding steroid dienone is 6. The highest BCUT2D eigenvalue weighted by atomic mass is 32.2. The van der Waals surface area contributed by atoms with Gasteiger partial charge in [-0.1, -0.05) is 29.9 Å². The molecule has 5 rings (SSSR count). The summed E-state index contributed by atoms with van der Waals surface area (Å²) in [6.07, 6.45) is 20.5. The average molecular weight is 418 g/mol. The van der Waals surface area contributed by atoms with Crippen LogP contribution in [0.3, 0.4) is 0 Å². The highest BCUT2D eigenvalue weighted by Gasteiger charge is 2.36.